The van der Waals surface area contributed by atoms with E-state index in [0.717, 1.165) is 42.8 Å². The van der Waals surface area contributed by atoms with Crippen molar-refractivity contribution in [3.8, 4) is 5.75 Å². The average molecular weight is 375 g/mol. The maximum Gasteiger partial charge on any atom is 0.298 e. The molecule has 7 nitrogen and oxygen atoms in total. The van der Waals surface area contributed by atoms with Crippen LogP contribution < -0.4 is 15.0 Å². The van der Waals surface area contributed by atoms with Crippen molar-refractivity contribution in [1.29, 1.82) is 0 Å². The fraction of sp³-hybridized carbons (Fsp3) is 0.600. The number of hydrogen-bond donors (Lipinski definition) is 1. The normalized spacial score (nSPS) is 16.7. The maximum absolute atomic E-state index is 11.1. The summed E-state index contributed by atoms with van der Waals surface area (Å²) >= 11 is 0. The van der Waals surface area contributed by atoms with Crippen molar-refractivity contribution < 1.29 is 18.7 Å². The molecule has 1 aliphatic heterocycles. The van der Waals surface area contributed by atoms with Crippen LogP contribution in [0.15, 0.2) is 22.6 Å². The summed E-state index contributed by atoms with van der Waals surface area (Å²) in [5.74, 6) is 0.763. The summed E-state index contributed by atoms with van der Waals surface area (Å²) in [4.78, 5) is 17.8. The first-order chi connectivity index (χ1) is 12.9. The predicted octanol–water partition coefficient (Wildman–Crippen LogP) is 3.13. The van der Waals surface area contributed by atoms with Crippen molar-refractivity contribution in [3.63, 3.8) is 0 Å². The summed E-state index contributed by atoms with van der Waals surface area (Å²) < 4.78 is 17.6. The van der Waals surface area contributed by atoms with Crippen LogP contribution >= 0.6 is 0 Å². The van der Waals surface area contributed by atoms with Gasteiger partial charge in [-0.05, 0) is 45.7 Å². The van der Waals surface area contributed by atoms with Crippen LogP contribution in [0, 0.1) is 0 Å². The third-order valence-corrected chi connectivity index (χ3v) is 4.46. The molecule has 0 aliphatic carbocycles. The van der Waals surface area contributed by atoms with Gasteiger partial charge in [0.15, 0.2) is 5.58 Å². The molecule has 0 saturated carbocycles. The zero-order chi connectivity index (χ0) is 19.4. The largest absolute Gasteiger partial charge is 0.491 e. The Morgan fingerprint density at radius 2 is 2.07 bits per heavy atom. The van der Waals surface area contributed by atoms with E-state index >= 15 is 0 Å². The molecular weight excluding hydrogens is 346 g/mol. The smallest absolute Gasteiger partial charge is 0.298 e. The Labute approximate surface area is 160 Å². The molecule has 2 aromatic rings. The molecule has 1 saturated heterocycles. The number of fused-ring (bicyclic) bond motifs is 1. The lowest BCUT2D eigenvalue weighted by Crippen LogP contribution is -2.40. The summed E-state index contributed by atoms with van der Waals surface area (Å²) in [7, 11) is 0. The van der Waals surface area contributed by atoms with Crippen molar-refractivity contribution in [2.75, 3.05) is 24.6 Å². The zero-order valence-electron chi connectivity index (χ0n) is 16.5. The van der Waals surface area contributed by atoms with Crippen LogP contribution in [0.2, 0.25) is 0 Å². The Balaban J connectivity index is 1.54. The second kappa shape index (κ2) is 8.61. The Morgan fingerprint density at radius 1 is 1.33 bits per heavy atom. The number of piperidine rings is 1. The van der Waals surface area contributed by atoms with E-state index in [4.69, 9.17) is 13.9 Å². The minimum Gasteiger partial charge on any atom is -0.491 e. The predicted molar refractivity (Wildman–Crippen MR) is 104 cm³/mol. The van der Waals surface area contributed by atoms with E-state index in [0.29, 0.717) is 12.6 Å². The molecular formula is C20H29N3O4. The van der Waals surface area contributed by atoms with E-state index < -0.39 is 0 Å². The molecule has 1 aromatic heterocycles. The number of benzene rings is 1. The Kier molecular flexibility index (Phi) is 6.21. The van der Waals surface area contributed by atoms with E-state index in [-0.39, 0.29) is 24.2 Å². The quantitative estimate of drug-likeness (QED) is 0.801. The summed E-state index contributed by atoms with van der Waals surface area (Å²) in [5, 5.41) is 2.84. The molecule has 1 atom stereocenters. The molecule has 1 aromatic carbocycles. The molecule has 0 bridgehead atoms. The van der Waals surface area contributed by atoms with Crippen molar-refractivity contribution in [2.45, 2.75) is 58.8 Å². The second-order valence-corrected chi connectivity index (χ2v) is 7.41. The highest BCUT2D eigenvalue weighted by molar-refractivity contribution is 5.76. The average Bonchev–Trinajstić information content (AvgIpc) is 3.02. The number of hydrogen-bond acceptors (Lipinski definition) is 6. The molecule has 1 aliphatic rings. The van der Waals surface area contributed by atoms with Gasteiger partial charge >= 0.3 is 0 Å². The van der Waals surface area contributed by atoms with E-state index in [9.17, 15) is 4.79 Å². The van der Waals surface area contributed by atoms with Crippen LogP contribution in [-0.4, -0.2) is 48.8 Å². The number of carbonyl (C=O) groups excluding carboxylic acids is 1. The fourth-order valence-electron chi connectivity index (χ4n) is 3.26. The monoisotopic (exact) mass is 375 g/mol. The summed E-state index contributed by atoms with van der Waals surface area (Å²) in [6, 6.07) is 6.42. The Bertz CT molecular complexity index is 766. The summed E-state index contributed by atoms with van der Waals surface area (Å²) in [6.07, 6.45) is 2.14. The summed E-state index contributed by atoms with van der Waals surface area (Å²) in [6.45, 7) is 9.67. The van der Waals surface area contributed by atoms with Gasteiger partial charge in [-0.1, -0.05) is 0 Å². The third-order valence-electron chi connectivity index (χ3n) is 4.46. The van der Waals surface area contributed by atoms with Gasteiger partial charge in [0.25, 0.3) is 6.01 Å². The van der Waals surface area contributed by atoms with Gasteiger partial charge in [0, 0.05) is 32.1 Å². The highest BCUT2D eigenvalue weighted by Crippen LogP contribution is 2.28. The Morgan fingerprint density at radius 3 is 2.74 bits per heavy atom. The zero-order valence-corrected chi connectivity index (χ0v) is 16.5. The SMILES string of the molecule is CC(=O)N[C@@H](C)COC1CCN(c2nc3ccc(OC(C)C)cc3o2)CC1. The molecule has 3 rings (SSSR count). The van der Waals surface area contributed by atoms with E-state index in [2.05, 4.69) is 15.2 Å². The van der Waals surface area contributed by atoms with Crippen LogP contribution in [0.3, 0.4) is 0 Å². The topological polar surface area (TPSA) is 76.8 Å². The molecule has 0 radical (unpaired) electrons. The van der Waals surface area contributed by atoms with Gasteiger partial charge in [-0.2, -0.15) is 4.98 Å². The van der Waals surface area contributed by atoms with Crippen LogP contribution in [0.25, 0.3) is 11.1 Å². The van der Waals surface area contributed by atoms with Gasteiger partial charge in [-0.3, -0.25) is 4.79 Å². The highest BCUT2D eigenvalue weighted by Gasteiger charge is 2.23. The molecule has 0 unspecified atom stereocenters. The van der Waals surface area contributed by atoms with Crippen molar-refractivity contribution in [1.82, 2.24) is 10.3 Å². The van der Waals surface area contributed by atoms with Gasteiger partial charge in [-0.15, -0.1) is 0 Å². The number of nitrogens with zero attached hydrogens (tertiary/aromatic N) is 2. The Hall–Kier alpha value is -2.28. The molecule has 27 heavy (non-hydrogen) atoms. The van der Waals surface area contributed by atoms with Gasteiger partial charge in [0.05, 0.1) is 18.8 Å². The lowest BCUT2D eigenvalue weighted by molar-refractivity contribution is -0.120. The third kappa shape index (κ3) is 5.35. The summed E-state index contributed by atoms with van der Waals surface area (Å²) in [5.41, 5.74) is 1.58. The highest BCUT2D eigenvalue weighted by atomic mass is 16.5. The molecule has 148 valence electrons. The number of carbonyl (C=O) groups is 1. The minimum absolute atomic E-state index is 0.0276. The number of rotatable bonds is 7. The molecule has 1 fully saturated rings. The number of oxazole rings is 1. The first-order valence-electron chi connectivity index (χ1n) is 9.61. The number of anilines is 1. The van der Waals surface area contributed by atoms with Crippen molar-refractivity contribution >= 4 is 23.0 Å². The van der Waals surface area contributed by atoms with Gasteiger partial charge < -0.3 is 24.1 Å². The standard InChI is InChI=1S/C20H29N3O4/c1-13(2)26-17-5-6-18-19(11-17)27-20(22-18)23-9-7-16(8-10-23)25-12-14(3)21-15(4)24/h5-6,11,13-14,16H,7-10,12H2,1-4H3,(H,21,24)/t14-/m0/s1. The number of nitrogens with one attached hydrogen (secondary N) is 1. The van der Waals surface area contributed by atoms with Gasteiger partial charge in [-0.25, -0.2) is 0 Å². The van der Waals surface area contributed by atoms with E-state index in [1.54, 1.807) is 0 Å². The maximum atomic E-state index is 11.1. The lowest BCUT2D eigenvalue weighted by Gasteiger charge is -2.31. The fourth-order valence-corrected chi connectivity index (χ4v) is 3.26. The van der Waals surface area contributed by atoms with Crippen LogP contribution in [0.1, 0.15) is 40.5 Å². The van der Waals surface area contributed by atoms with E-state index in [1.807, 2.05) is 39.0 Å². The number of aromatic nitrogens is 1. The van der Waals surface area contributed by atoms with Crippen molar-refractivity contribution in [3.05, 3.63) is 18.2 Å². The van der Waals surface area contributed by atoms with Crippen molar-refractivity contribution in [2.24, 2.45) is 0 Å². The second-order valence-electron chi connectivity index (χ2n) is 7.41. The first kappa shape index (κ1) is 19.5. The van der Waals surface area contributed by atoms with Gasteiger partial charge in [0.1, 0.15) is 11.3 Å². The molecule has 7 heteroatoms. The van der Waals surface area contributed by atoms with Crippen LogP contribution in [0.4, 0.5) is 6.01 Å². The number of ether oxygens (including phenoxy) is 2. The van der Waals surface area contributed by atoms with Crippen LogP contribution in [-0.2, 0) is 9.53 Å². The molecule has 1 amide bonds. The molecule has 0 spiro atoms. The van der Waals surface area contributed by atoms with Gasteiger partial charge in [0.2, 0.25) is 5.91 Å². The minimum atomic E-state index is -0.0289. The lowest BCUT2D eigenvalue weighted by atomic mass is 10.1. The molecule has 1 N–H and O–H groups in total. The number of amides is 1. The van der Waals surface area contributed by atoms with E-state index in [1.165, 1.54) is 6.92 Å². The molecule has 2 heterocycles. The van der Waals surface area contributed by atoms with Crippen LogP contribution in [0.5, 0.6) is 5.75 Å². The first-order valence-corrected chi connectivity index (χ1v) is 9.61.